The maximum atomic E-state index is 14.1. The van der Waals surface area contributed by atoms with Crippen LogP contribution in [0.15, 0.2) is 28.0 Å². The first-order valence-electron chi connectivity index (χ1n) is 8.01. The fraction of sp³-hybridized carbons (Fsp3) is 0.176. The molecule has 0 bridgehead atoms. The molecule has 0 saturated carbocycles. The molecule has 0 saturated heterocycles. The number of terminal acetylenes is 1. The molecule has 7 nitrogen and oxygen atoms in total. The molecular weight excluding hydrogens is 385 g/mol. The van der Waals surface area contributed by atoms with Gasteiger partial charge in [-0.25, -0.2) is 24.3 Å². The number of nitrogens with two attached hydrogens (primary N) is 2. The number of hydrogen-bond acceptors (Lipinski definition) is 8. The molecule has 0 unspecified atom stereocenters. The van der Waals surface area contributed by atoms with Crippen LogP contribution in [-0.2, 0) is 6.54 Å². The normalized spacial score (nSPS) is 11.3. The van der Waals surface area contributed by atoms with Gasteiger partial charge in [-0.05, 0) is 30.3 Å². The Labute approximate surface area is 162 Å². The van der Waals surface area contributed by atoms with Crippen LogP contribution in [0.1, 0.15) is 12.8 Å². The first kappa shape index (κ1) is 17.5. The molecule has 0 aliphatic heterocycles. The van der Waals surface area contributed by atoms with E-state index in [0.29, 0.717) is 55.3 Å². The zero-order valence-electron chi connectivity index (χ0n) is 14.0. The average Bonchev–Trinajstić information content (AvgIpc) is 3.23. The predicted molar refractivity (Wildman–Crippen MR) is 106 cm³/mol. The number of imidazole rings is 1. The molecule has 10 heteroatoms. The highest BCUT2D eigenvalue weighted by Crippen LogP contribution is 2.38. The number of nitrogens with zero attached hydrogens (tertiary/aromatic N) is 5. The van der Waals surface area contributed by atoms with Crippen LogP contribution in [0.3, 0.4) is 0 Å². The lowest BCUT2D eigenvalue weighted by Crippen LogP contribution is -2.01. The first-order valence-corrected chi connectivity index (χ1v) is 9.64. The summed E-state index contributed by atoms with van der Waals surface area (Å²) in [5.41, 5.74) is 13.9. The smallest absolute Gasteiger partial charge is 0.177 e. The molecule has 27 heavy (non-hydrogen) atoms. The molecule has 4 rings (SSSR count). The van der Waals surface area contributed by atoms with Crippen molar-refractivity contribution < 1.29 is 4.39 Å². The van der Waals surface area contributed by atoms with Gasteiger partial charge in [-0.3, -0.25) is 0 Å². The summed E-state index contributed by atoms with van der Waals surface area (Å²) in [6.45, 7) is 0.626. The maximum Gasteiger partial charge on any atom is 0.177 e. The van der Waals surface area contributed by atoms with Gasteiger partial charge in [0.2, 0.25) is 0 Å². The van der Waals surface area contributed by atoms with Gasteiger partial charge in [0.15, 0.2) is 26.5 Å². The second kappa shape index (κ2) is 7.02. The van der Waals surface area contributed by atoms with Crippen LogP contribution < -0.4 is 11.5 Å². The number of aryl methyl sites for hydroxylation is 1. The first-order chi connectivity index (χ1) is 13.1. The molecule has 0 aliphatic carbocycles. The molecule has 3 aromatic heterocycles. The molecule has 0 atom stereocenters. The van der Waals surface area contributed by atoms with Crippen LogP contribution >= 0.6 is 23.1 Å². The molecule has 136 valence electrons. The zero-order chi connectivity index (χ0) is 19.0. The second-order valence-corrected chi connectivity index (χ2v) is 7.89. The molecule has 0 fully saturated rings. The Bertz CT molecular complexity index is 1150. The third-order valence-electron chi connectivity index (χ3n) is 3.91. The number of anilines is 2. The summed E-state index contributed by atoms with van der Waals surface area (Å²) in [5, 5.41) is 0.646. The van der Waals surface area contributed by atoms with E-state index in [1.807, 2.05) is 4.57 Å². The van der Waals surface area contributed by atoms with Gasteiger partial charge in [0.1, 0.15) is 17.7 Å². The molecular formula is C17H14FN7S2. The van der Waals surface area contributed by atoms with E-state index in [-0.39, 0.29) is 5.82 Å². The lowest BCUT2D eigenvalue weighted by Gasteiger charge is -2.05. The molecule has 0 radical (unpaired) electrons. The van der Waals surface area contributed by atoms with Gasteiger partial charge >= 0.3 is 0 Å². The van der Waals surface area contributed by atoms with Crippen LogP contribution in [0.25, 0.3) is 21.4 Å². The minimum Gasteiger partial charge on any atom is -0.397 e. The van der Waals surface area contributed by atoms with Crippen molar-refractivity contribution in [2.75, 3.05) is 11.5 Å². The molecule has 4 aromatic rings. The average molecular weight is 399 g/mol. The quantitative estimate of drug-likeness (QED) is 0.301. The number of aromatic nitrogens is 5. The van der Waals surface area contributed by atoms with Crippen molar-refractivity contribution >= 4 is 56.0 Å². The Morgan fingerprint density at radius 3 is 2.85 bits per heavy atom. The molecule has 1 aromatic carbocycles. The van der Waals surface area contributed by atoms with Crippen LogP contribution in [0.5, 0.6) is 0 Å². The topological polar surface area (TPSA) is 109 Å². The molecule has 3 heterocycles. The number of benzene rings is 1. The standard InChI is InChI=1S/C17H14FN7S2/c1-2-3-4-7-25-15-12(14(20)21-8-22-15)23-16(25)27-17-24-11-10(19)6-5-9(18)13(11)26-17/h1,5-6,8H,3-4,7,19H2,(H2,20,21,22). The van der Waals surface area contributed by atoms with Gasteiger partial charge in [0.25, 0.3) is 0 Å². The number of halogens is 1. The van der Waals surface area contributed by atoms with E-state index in [0.717, 1.165) is 6.42 Å². The Balaban J connectivity index is 1.78. The molecule has 0 aliphatic rings. The fourth-order valence-corrected chi connectivity index (χ4v) is 4.75. The molecule has 0 amide bonds. The summed E-state index contributed by atoms with van der Waals surface area (Å²) in [6.07, 6.45) is 8.16. The summed E-state index contributed by atoms with van der Waals surface area (Å²) in [7, 11) is 0. The minimum absolute atomic E-state index is 0.303. The monoisotopic (exact) mass is 399 g/mol. The third kappa shape index (κ3) is 3.15. The summed E-state index contributed by atoms with van der Waals surface area (Å²) >= 11 is 2.54. The summed E-state index contributed by atoms with van der Waals surface area (Å²) in [6, 6.07) is 2.85. The fourth-order valence-electron chi connectivity index (χ4n) is 2.65. The van der Waals surface area contributed by atoms with E-state index in [4.69, 9.17) is 17.9 Å². The Kier molecular flexibility index (Phi) is 4.55. The largest absolute Gasteiger partial charge is 0.397 e. The van der Waals surface area contributed by atoms with Crippen molar-refractivity contribution in [2.45, 2.75) is 28.9 Å². The highest BCUT2D eigenvalue weighted by atomic mass is 32.2. The number of hydrogen-bond donors (Lipinski definition) is 2. The lowest BCUT2D eigenvalue weighted by atomic mass is 10.3. The van der Waals surface area contributed by atoms with Crippen molar-refractivity contribution in [3.05, 3.63) is 24.3 Å². The van der Waals surface area contributed by atoms with E-state index >= 15 is 0 Å². The van der Waals surface area contributed by atoms with Gasteiger partial charge in [0.05, 0.1) is 10.4 Å². The van der Waals surface area contributed by atoms with Gasteiger partial charge in [-0.1, -0.05) is 0 Å². The van der Waals surface area contributed by atoms with Crippen molar-refractivity contribution in [3.63, 3.8) is 0 Å². The van der Waals surface area contributed by atoms with Crippen LogP contribution in [0.4, 0.5) is 15.9 Å². The van der Waals surface area contributed by atoms with Gasteiger partial charge in [-0.15, -0.1) is 23.7 Å². The van der Waals surface area contributed by atoms with Crippen molar-refractivity contribution in [1.82, 2.24) is 24.5 Å². The van der Waals surface area contributed by atoms with Crippen LogP contribution in [-0.4, -0.2) is 24.5 Å². The summed E-state index contributed by atoms with van der Waals surface area (Å²) in [4.78, 5) is 17.3. The SMILES string of the molecule is C#CCCCn1c(Sc2nc3c(N)ccc(F)c3s2)nc2c(N)ncnc21. The Morgan fingerprint density at radius 2 is 2.07 bits per heavy atom. The highest BCUT2D eigenvalue weighted by Gasteiger charge is 2.18. The zero-order valence-corrected chi connectivity index (χ0v) is 15.6. The van der Waals surface area contributed by atoms with Gasteiger partial charge in [0, 0.05) is 13.0 Å². The number of thiazole rings is 1. The lowest BCUT2D eigenvalue weighted by molar-refractivity contribution is 0.615. The second-order valence-electron chi connectivity index (χ2n) is 5.68. The van der Waals surface area contributed by atoms with Gasteiger partial charge < -0.3 is 16.0 Å². The van der Waals surface area contributed by atoms with E-state index in [1.165, 1.54) is 41.6 Å². The van der Waals surface area contributed by atoms with E-state index in [9.17, 15) is 4.39 Å². The Morgan fingerprint density at radius 1 is 1.22 bits per heavy atom. The summed E-state index contributed by atoms with van der Waals surface area (Å²) < 4.78 is 17.0. The Hall–Kier alpha value is -2.90. The predicted octanol–water partition coefficient (Wildman–Crippen LogP) is 3.30. The number of unbranched alkanes of at least 4 members (excludes halogenated alkanes) is 1. The van der Waals surface area contributed by atoms with Crippen LogP contribution in [0.2, 0.25) is 0 Å². The molecule has 4 N–H and O–H groups in total. The highest BCUT2D eigenvalue weighted by molar-refractivity contribution is 8.01. The number of fused-ring (bicyclic) bond motifs is 2. The summed E-state index contributed by atoms with van der Waals surface area (Å²) in [5.74, 6) is 2.58. The van der Waals surface area contributed by atoms with Crippen molar-refractivity contribution in [3.8, 4) is 12.3 Å². The van der Waals surface area contributed by atoms with E-state index in [2.05, 4.69) is 25.9 Å². The number of rotatable bonds is 5. The third-order valence-corrected chi connectivity index (χ3v) is 6.03. The van der Waals surface area contributed by atoms with E-state index < -0.39 is 0 Å². The van der Waals surface area contributed by atoms with Crippen molar-refractivity contribution in [2.24, 2.45) is 0 Å². The van der Waals surface area contributed by atoms with Crippen molar-refractivity contribution in [1.29, 1.82) is 0 Å². The van der Waals surface area contributed by atoms with E-state index in [1.54, 1.807) is 0 Å². The number of nitrogen functional groups attached to an aromatic ring is 2. The van der Waals surface area contributed by atoms with Gasteiger partial charge in [-0.2, -0.15) is 0 Å². The molecule has 0 spiro atoms. The maximum absolute atomic E-state index is 14.1. The minimum atomic E-state index is -0.346. The van der Waals surface area contributed by atoms with Crippen LogP contribution in [0, 0.1) is 18.2 Å².